The van der Waals surface area contributed by atoms with E-state index in [-0.39, 0.29) is 13.2 Å². The standard InChI is InChI=1S/C14H17NO4/c1-4-13(18-10-9-16)11-5-7-12(8-6-11)19-14(17)15(2)3/h1,5-8,13,16H,9-10H2,2-3H3/t13-/m1/s1. The topological polar surface area (TPSA) is 59.0 Å². The van der Waals surface area contributed by atoms with Crippen molar-refractivity contribution in [3.63, 3.8) is 0 Å². The molecule has 5 heteroatoms. The zero-order valence-electron chi connectivity index (χ0n) is 11.0. The van der Waals surface area contributed by atoms with E-state index < -0.39 is 12.2 Å². The molecule has 0 unspecified atom stereocenters. The normalized spacial score (nSPS) is 11.5. The van der Waals surface area contributed by atoms with Gasteiger partial charge < -0.3 is 19.5 Å². The van der Waals surface area contributed by atoms with E-state index >= 15 is 0 Å². The first kappa shape index (κ1) is 15.0. The molecular weight excluding hydrogens is 246 g/mol. The van der Waals surface area contributed by atoms with Gasteiger partial charge in [-0.15, -0.1) is 6.42 Å². The molecule has 0 radical (unpaired) electrons. The van der Waals surface area contributed by atoms with E-state index in [1.165, 1.54) is 4.90 Å². The molecule has 1 rings (SSSR count). The van der Waals surface area contributed by atoms with Crippen LogP contribution in [0.3, 0.4) is 0 Å². The lowest BCUT2D eigenvalue weighted by Crippen LogP contribution is -2.25. The van der Waals surface area contributed by atoms with Crippen LogP contribution < -0.4 is 4.74 Å². The lowest BCUT2D eigenvalue weighted by Gasteiger charge is -2.13. The minimum absolute atomic E-state index is 0.0866. The summed E-state index contributed by atoms with van der Waals surface area (Å²) in [5.41, 5.74) is 0.764. The lowest BCUT2D eigenvalue weighted by molar-refractivity contribution is 0.0593. The average Bonchev–Trinajstić information content (AvgIpc) is 2.41. The fraction of sp³-hybridized carbons (Fsp3) is 0.357. The Morgan fingerprint density at radius 3 is 2.53 bits per heavy atom. The third-order valence-corrected chi connectivity index (χ3v) is 2.28. The van der Waals surface area contributed by atoms with Crippen LogP contribution in [0.1, 0.15) is 11.7 Å². The van der Waals surface area contributed by atoms with Crippen LogP contribution in [0.25, 0.3) is 0 Å². The summed E-state index contributed by atoms with van der Waals surface area (Å²) < 4.78 is 10.4. The zero-order valence-corrected chi connectivity index (χ0v) is 11.0. The van der Waals surface area contributed by atoms with Crippen molar-refractivity contribution in [2.45, 2.75) is 6.10 Å². The second-order valence-electron chi connectivity index (χ2n) is 3.97. The van der Waals surface area contributed by atoms with Crippen molar-refractivity contribution in [1.82, 2.24) is 4.90 Å². The maximum absolute atomic E-state index is 11.3. The average molecular weight is 263 g/mol. The summed E-state index contributed by atoms with van der Waals surface area (Å²) in [5, 5.41) is 8.70. The van der Waals surface area contributed by atoms with Gasteiger partial charge in [-0.25, -0.2) is 4.79 Å². The first-order valence-corrected chi connectivity index (χ1v) is 5.76. The minimum atomic E-state index is -0.522. The Kier molecular flexibility index (Phi) is 5.86. The summed E-state index contributed by atoms with van der Waals surface area (Å²) in [6, 6.07) is 6.73. The molecular formula is C14H17NO4. The van der Waals surface area contributed by atoms with Crippen LogP contribution in [0.15, 0.2) is 24.3 Å². The lowest BCUT2D eigenvalue weighted by atomic mass is 10.1. The van der Waals surface area contributed by atoms with Gasteiger partial charge in [0.15, 0.2) is 0 Å². The molecule has 19 heavy (non-hydrogen) atoms. The fourth-order valence-electron chi connectivity index (χ4n) is 1.31. The number of aliphatic hydroxyl groups excluding tert-OH is 1. The van der Waals surface area contributed by atoms with Gasteiger partial charge in [-0.2, -0.15) is 0 Å². The van der Waals surface area contributed by atoms with Crippen molar-refractivity contribution in [3.05, 3.63) is 29.8 Å². The first-order valence-electron chi connectivity index (χ1n) is 5.76. The molecule has 0 aromatic heterocycles. The molecule has 0 fully saturated rings. The predicted molar refractivity (Wildman–Crippen MR) is 70.8 cm³/mol. The van der Waals surface area contributed by atoms with Crippen LogP contribution in [-0.4, -0.2) is 43.4 Å². The minimum Gasteiger partial charge on any atom is -0.410 e. The monoisotopic (exact) mass is 263 g/mol. The molecule has 0 saturated carbocycles. The Labute approximate surface area is 112 Å². The fourth-order valence-corrected chi connectivity index (χ4v) is 1.31. The molecule has 1 aromatic carbocycles. The maximum atomic E-state index is 11.3. The van der Waals surface area contributed by atoms with Gasteiger partial charge in [-0.3, -0.25) is 0 Å². The van der Waals surface area contributed by atoms with Crippen LogP contribution in [0, 0.1) is 12.3 Å². The van der Waals surface area contributed by atoms with E-state index in [1.807, 2.05) is 0 Å². The van der Waals surface area contributed by atoms with Crippen LogP contribution >= 0.6 is 0 Å². The van der Waals surface area contributed by atoms with E-state index in [4.69, 9.17) is 21.0 Å². The SMILES string of the molecule is C#C[C@@H](OCCO)c1ccc(OC(=O)N(C)C)cc1. The van der Waals surface area contributed by atoms with Crippen molar-refractivity contribution < 1.29 is 19.4 Å². The summed E-state index contributed by atoms with van der Waals surface area (Å²) in [6.45, 7) is 0.0863. The van der Waals surface area contributed by atoms with Gasteiger partial charge in [-0.05, 0) is 17.7 Å². The molecule has 0 bridgehead atoms. The van der Waals surface area contributed by atoms with Crippen LogP contribution in [0.2, 0.25) is 0 Å². The number of hydrogen-bond acceptors (Lipinski definition) is 4. The predicted octanol–water partition coefficient (Wildman–Crippen LogP) is 1.43. The Balaban J connectivity index is 2.70. The quantitative estimate of drug-likeness (QED) is 0.816. The van der Waals surface area contributed by atoms with Crippen LogP contribution in [0.5, 0.6) is 5.75 Å². The maximum Gasteiger partial charge on any atom is 0.414 e. The number of carbonyl (C=O) groups excluding carboxylic acids is 1. The number of aliphatic hydroxyl groups is 1. The van der Waals surface area contributed by atoms with Crippen molar-refractivity contribution in [1.29, 1.82) is 0 Å². The second-order valence-corrected chi connectivity index (χ2v) is 3.97. The molecule has 0 spiro atoms. The number of amides is 1. The molecule has 1 atom stereocenters. The molecule has 5 nitrogen and oxygen atoms in total. The van der Waals surface area contributed by atoms with Gasteiger partial charge in [0.1, 0.15) is 11.9 Å². The molecule has 1 N–H and O–H groups in total. The number of carbonyl (C=O) groups is 1. The van der Waals surface area contributed by atoms with Gasteiger partial charge >= 0.3 is 6.09 Å². The third-order valence-electron chi connectivity index (χ3n) is 2.28. The highest BCUT2D eigenvalue weighted by Gasteiger charge is 2.10. The molecule has 0 aliphatic rings. The first-order chi connectivity index (χ1) is 9.08. The summed E-state index contributed by atoms with van der Waals surface area (Å²) in [6.07, 6.45) is 4.39. The largest absolute Gasteiger partial charge is 0.414 e. The van der Waals surface area contributed by atoms with Crippen molar-refractivity contribution >= 4 is 6.09 Å². The molecule has 1 amide bonds. The van der Waals surface area contributed by atoms with Gasteiger partial charge in [0.25, 0.3) is 0 Å². The van der Waals surface area contributed by atoms with Gasteiger partial charge in [0.05, 0.1) is 13.2 Å². The Hall–Kier alpha value is -2.03. The summed E-state index contributed by atoms with van der Waals surface area (Å²) in [5.74, 6) is 2.91. The van der Waals surface area contributed by atoms with Gasteiger partial charge in [0, 0.05) is 14.1 Å². The van der Waals surface area contributed by atoms with E-state index in [0.717, 1.165) is 5.56 Å². The van der Waals surface area contributed by atoms with E-state index in [2.05, 4.69) is 5.92 Å². The number of hydrogen-bond donors (Lipinski definition) is 1. The van der Waals surface area contributed by atoms with E-state index in [9.17, 15) is 4.79 Å². The third kappa shape index (κ3) is 4.62. The number of nitrogens with zero attached hydrogens (tertiary/aromatic N) is 1. The highest BCUT2D eigenvalue weighted by molar-refractivity contribution is 5.69. The molecule has 0 heterocycles. The Morgan fingerprint density at radius 1 is 1.42 bits per heavy atom. The van der Waals surface area contributed by atoms with E-state index in [1.54, 1.807) is 38.4 Å². The van der Waals surface area contributed by atoms with Crippen LogP contribution in [-0.2, 0) is 4.74 Å². The molecule has 0 aliphatic heterocycles. The number of benzene rings is 1. The molecule has 1 aromatic rings. The number of ether oxygens (including phenoxy) is 2. The molecule has 0 aliphatic carbocycles. The number of terminal acetylenes is 1. The van der Waals surface area contributed by atoms with Crippen molar-refractivity contribution in [2.24, 2.45) is 0 Å². The highest BCUT2D eigenvalue weighted by Crippen LogP contribution is 2.20. The van der Waals surface area contributed by atoms with Crippen molar-refractivity contribution in [3.8, 4) is 18.1 Å². The molecule has 0 saturated heterocycles. The van der Waals surface area contributed by atoms with Gasteiger partial charge in [0.2, 0.25) is 0 Å². The van der Waals surface area contributed by atoms with Gasteiger partial charge in [-0.1, -0.05) is 18.1 Å². The summed E-state index contributed by atoms with van der Waals surface area (Å²) >= 11 is 0. The molecule has 102 valence electrons. The smallest absolute Gasteiger partial charge is 0.410 e. The summed E-state index contributed by atoms with van der Waals surface area (Å²) in [7, 11) is 3.21. The van der Waals surface area contributed by atoms with Crippen molar-refractivity contribution in [2.75, 3.05) is 27.3 Å². The van der Waals surface area contributed by atoms with Crippen LogP contribution in [0.4, 0.5) is 4.79 Å². The highest BCUT2D eigenvalue weighted by atomic mass is 16.6. The van der Waals surface area contributed by atoms with E-state index in [0.29, 0.717) is 5.75 Å². The zero-order chi connectivity index (χ0) is 14.3. The summed E-state index contributed by atoms with van der Waals surface area (Å²) in [4.78, 5) is 12.7. The Morgan fingerprint density at radius 2 is 2.05 bits per heavy atom. The second kappa shape index (κ2) is 7.41. The Bertz CT molecular complexity index is 448. The number of rotatable bonds is 5.